The first-order valence-corrected chi connectivity index (χ1v) is 9.41. The van der Waals surface area contributed by atoms with Gasteiger partial charge in [-0.1, -0.05) is 30.3 Å². The lowest BCUT2D eigenvalue weighted by Gasteiger charge is -2.19. The number of carbonyl (C=O) groups excluding carboxylic acids is 1. The number of hydrogen-bond donors (Lipinski definition) is 3. The summed E-state index contributed by atoms with van der Waals surface area (Å²) < 4.78 is 1.74. The van der Waals surface area contributed by atoms with Crippen molar-refractivity contribution in [1.82, 2.24) is 19.6 Å². The highest BCUT2D eigenvalue weighted by atomic mass is 16.3. The summed E-state index contributed by atoms with van der Waals surface area (Å²) in [4.78, 5) is 21.3. The molecule has 0 spiro atoms. The first-order valence-electron chi connectivity index (χ1n) is 9.41. The zero-order chi connectivity index (χ0) is 21.3. The molecule has 8 nitrogen and oxygen atoms in total. The van der Waals surface area contributed by atoms with E-state index in [1.807, 2.05) is 43.3 Å². The van der Waals surface area contributed by atoms with Crippen molar-refractivity contribution < 1.29 is 15.0 Å². The number of aliphatic hydroxyl groups excluding tert-OH is 1. The van der Waals surface area contributed by atoms with Gasteiger partial charge in [0.25, 0.3) is 5.91 Å². The average molecular weight is 403 g/mol. The van der Waals surface area contributed by atoms with Crippen LogP contribution in [0.2, 0.25) is 0 Å². The van der Waals surface area contributed by atoms with Crippen molar-refractivity contribution in [2.75, 3.05) is 11.9 Å². The number of amides is 1. The monoisotopic (exact) mass is 403 g/mol. The highest BCUT2D eigenvalue weighted by molar-refractivity contribution is 6.03. The van der Waals surface area contributed by atoms with E-state index < -0.39 is 12.2 Å². The topological polar surface area (TPSA) is 113 Å². The predicted molar refractivity (Wildman–Crippen MR) is 112 cm³/mol. The Bertz CT molecular complexity index is 1200. The molecule has 0 saturated heterocycles. The Balaban J connectivity index is 1.66. The summed E-state index contributed by atoms with van der Waals surface area (Å²) in [6, 6.07) is 16.4. The summed E-state index contributed by atoms with van der Waals surface area (Å²) in [6.07, 6.45) is 1.36. The number of hydrogen-bond acceptors (Lipinski definition) is 6. The molecular weight excluding hydrogens is 382 g/mol. The van der Waals surface area contributed by atoms with Gasteiger partial charge in [0, 0.05) is 23.9 Å². The lowest BCUT2D eigenvalue weighted by molar-refractivity contribution is -0.00586. The third-order valence-corrected chi connectivity index (χ3v) is 4.75. The molecule has 0 fully saturated rings. The van der Waals surface area contributed by atoms with E-state index in [0.717, 1.165) is 17.0 Å². The Hall–Kier alpha value is -3.62. The van der Waals surface area contributed by atoms with Gasteiger partial charge in [0.2, 0.25) is 0 Å². The van der Waals surface area contributed by atoms with Crippen LogP contribution in [-0.4, -0.2) is 42.3 Å². The number of aliphatic hydroxyl groups is 2. The molecule has 0 aliphatic heterocycles. The second kappa shape index (κ2) is 7.66. The van der Waals surface area contributed by atoms with E-state index in [1.165, 1.54) is 19.2 Å². The Morgan fingerprint density at radius 3 is 2.60 bits per heavy atom. The number of benzene rings is 1. The highest BCUT2D eigenvalue weighted by Gasteiger charge is 2.23. The van der Waals surface area contributed by atoms with Crippen LogP contribution in [0.3, 0.4) is 0 Å². The van der Waals surface area contributed by atoms with Crippen LogP contribution in [-0.2, 0) is 5.60 Å². The number of aromatic nitrogens is 4. The van der Waals surface area contributed by atoms with Crippen LogP contribution in [0.1, 0.15) is 28.7 Å². The summed E-state index contributed by atoms with van der Waals surface area (Å²) in [5.74, 6) is 0.00229. The molecule has 8 heteroatoms. The molecule has 1 amide bonds. The summed E-state index contributed by atoms with van der Waals surface area (Å²) in [7, 11) is 0. The minimum Gasteiger partial charge on any atom is -0.393 e. The largest absolute Gasteiger partial charge is 0.393 e. The van der Waals surface area contributed by atoms with Gasteiger partial charge in [-0.2, -0.15) is 5.10 Å². The molecule has 30 heavy (non-hydrogen) atoms. The minimum atomic E-state index is -1.47. The molecule has 0 saturated carbocycles. The van der Waals surface area contributed by atoms with Gasteiger partial charge in [-0.05, 0) is 26.0 Å². The fourth-order valence-corrected chi connectivity index (χ4v) is 3.08. The number of nitrogens with one attached hydrogen (secondary N) is 1. The van der Waals surface area contributed by atoms with Crippen molar-refractivity contribution in [3.63, 3.8) is 0 Å². The number of anilines is 1. The molecule has 152 valence electrons. The lowest BCUT2D eigenvalue weighted by Crippen LogP contribution is -2.27. The molecule has 0 bridgehead atoms. The number of carbonyl (C=O) groups is 1. The van der Waals surface area contributed by atoms with Crippen LogP contribution in [0.4, 0.5) is 5.82 Å². The van der Waals surface area contributed by atoms with Gasteiger partial charge in [-0.25, -0.2) is 9.50 Å². The maximum atomic E-state index is 12.7. The van der Waals surface area contributed by atoms with E-state index in [1.54, 1.807) is 16.6 Å². The Morgan fingerprint density at radius 2 is 1.93 bits per heavy atom. The average Bonchev–Trinajstić information content (AvgIpc) is 3.14. The van der Waals surface area contributed by atoms with Gasteiger partial charge in [-0.15, -0.1) is 0 Å². The normalized spacial score (nSPS) is 13.2. The van der Waals surface area contributed by atoms with Crippen LogP contribution in [0, 0.1) is 6.92 Å². The van der Waals surface area contributed by atoms with Crippen LogP contribution >= 0.6 is 0 Å². The molecule has 0 radical (unpaired) electrons. The molecule has 3 N–H and O–H groups in total. The second-order valence-corrected chi connectivity index (χ2v) is 7.27. The second-order valence-electron chi connectivity index (χ2n) is 7.27. The molecule has 0 aliphatic carbocycles. The number of aryl methyl sites for hydroxylation is 1. The van der Waals surface area contributed by atoms with Gasteiger partial charge >= 0.3 is 0 Å². The molecule has 0 aliphatic rings. The number of rotatable bonds is 5. The van der Waals surface area contributed by atoms with E-state index in [0.29, 0.717) is 17.0 Å². The van der Waals surface area contributed by atoms with E-state index in [9.17, 15) is 15.0 Å². The fraction of sp³-hybridized carbons (Fsp3) is 0.182. The SMILES string of the molecule is Cc1cc2nc(NC(=O)c3ccc([C@](C)(O)CO)nc3)cc(-c3ccccc3)n2n1. The zero-order valence-electron chi connectivity index (χ0n) is 16.6. The van der Waals surface area contributed by atoms with E-state index in [2.05, 4.69) is 20.4 Å². The lowest BCUT2D eigenvalue weighted by atomic mass is 10.0. The number of nitrogens with zero attached hydrogens (tertiary/aromatic N) is 4. The Labute approximate surface area is 172 Å². The molecule has 1 atom stereocenters. The van der Waals surface area contributed by atoms with Crippen molar-refractivity contribution in [3.05, 3.63) is 77.7 Å². The zero-order valence-corrected chi connectivity index (χ0v) is 16.6. The summed E-state index contributed by atoms with van der Waals surface area (Å²) in [5.41, 5.74) is 2.31. The fourth-order valence-electron chi connectivity index (χ4n) is 3.08. The van der Waals surface area contributed by atoms with E-state index in [4.69, 9.17) is 0 Å². The van der Waals surface area contributed by atoms with Crippen LogP contribution in [0.15, 0.2) is 60.8 Å². The Kier molecular flexibility index (Phi) is 5.03. The minimum absolute atomic E-state index is 0.280. The molecule has 4 aromatic rings. The van der Waals surface area contributed by atoms with Crippen molar-refractivity contribution in [3.8, 4) is 11.3 Å². The standard InChI is InChI=1S/C22H21N5O3/c1-14-10-20-24-19(11-17(27(20)26-14)15-6-4-3-5-7-15)25-21(29)16-8-9-18(23-12-16)22(2,30)13-28/h3-12,28,30H,13H2,1-2H3,(H,24,25,29)/t22-/m1/s1. The summed E-state index contributed by atoms with van der Waals surface area (Å²) in [6.45, 7) is 2.87. The quantitative estimate of drug-likeness (QED) is 0.472. The predicted octanol–water partition coefficient (Wildman–Crippen LogP) is 2.55. The van der Waals surface area contributed by atoms with Crippen LogP contribution < -0.4 is 5.32 Å². The summed E-state index contributed by atoms with van der Waals surface area (Å²) >= 11 is 0. The van der Waals surface area contributed by atoms with Gasteiger partial charge in [-0.3, -0.25) is 9.78 Å². The van der Waals surface area contributed by atoms with Crippen LogP contribution in [0.25, 0.3) is 16.9 Å². The van der Waals surface area contributed by atoms with Crippen molar-refractivity contribution >= 4 is 17.4 Å². The van der Waals surface area contributed by atoms with Crippen molar-refractivity contribution in [2.45, 2.75) is 19.4 Å². The third kappa shape index (κ3) is 3.78. The first-order chi connectivity index (χ1) is 14.4. The van der Waals surface area contributed by atoms with E-state index >= 15 is 0 Å². The first kappa shape index (κ1) is 19.7. The smallest absolute Gasteiger partial charge is 0.258 e. The van der Waals surface area contributed by atoms with Gasteiger partial charge in [0.1, 0.15) is 11.4 Å². The van der Waals surface area contributed by atoms with Crippen molar-refractivity contribution in [2.24, 2.45) is 0 Å². The number of fused-ring (bicyclic) bond motifs is 1. The van der Waals surface area contributed by atoms with Gasteiger partial charge in [0.15, 0.2) is 5.65 Å². The summed E-state index contributed by atoms with van der Waals surface area (Å²) in [5, 5.41) is 26.6. The molecular formula is C22H21N5O3. The van der Waals surface area contributed by atoms with E-state index in [-0.39, 0.29) is 11.6 Å². The third-order valence-electron chi connectivity index (χ3n) is 4.75. The molecule has 3 heterocycles. The maximum absolute atomic E-state index is 12.7. The molecule has 1 aromatic carbocycles. The molecule has 3 aromatic heterocycles. The van der Waals surface area contributed by atoms with Gasteiger partial charge in [0.05, 0.1) is 29.3 Å². The number of pyridine rings is 1. The van der Waals surface area contributed by atoms with Crippen molar-refractivity contribution in [1.29, 1.82) is 0 Å². The maximum Gasteiger partial charge on any atom is 0.258 e. The molecule has 0 unspecified atom stereocenters. The Morgan fingerprint density at radius 1 is 1.17 bits per heavy atom. The molecule has 4 rings (SSSR count). The van der Waals surface area contributed by atoms with Crippen LogP contribution in [0.5, 0.6) is 0 Å². The van der Waals surface area contributed by atoms with Gasteiger partial charge < -0.3 is 15.5 Å². The highest BCUT2D eigenvalue weighted by Crippen LogP contribution is 2.24.